The largest absolute Gasteiger partial charge is 0.459 e. The van der Waals surface area contributed by atoms with Gasteiger partial charge in [0.25, 0.3) is 0 Å². The highest BCUT2D eigenvalue weighted by atomic mass is 32.1. The zero-order valence-electron chi connectivity index (χ0n) is 18.1. The summed E-state index contributed by atoms with van der Waals surface area (Å²) in [6.07, 6.45) is 0.288. The molecule has 1 amide bonds. The Morgan fingerprint density at radius 1 is 1.19 bits per heavy atom. The molecule has 31 heavy (non-hydrogen) atoms. The fraction of sp³-hybridized carbons (Fsp3) is 0.417. The van der Waals surface area contributed by atoms with Gasteiger partial charge in [-0.15, -0.1) is 11.3 Å². The molecular formula is C24H29N3O3S. The molecule has 1 fully saturated rings. The lowest BCUT2D eigenvalue weighted by Gasteiger charge is -2.35. The van der Waals surface area contributed by atoms with Crippen LogP contribution < -0.4 is 0 Å². The second kappa shape index (κ2) is 10.2. The first-order valence-corrected chi connectivity index (χ1v) is 11.6. The van der Waals surface area contributed by atoms with Crippen LogP contribution in [-0.2, 0) is 22.5 Å². The maximum Gasteiger partial charge on any atom is 0.229 e. The fourth-order valence-electron chi connectivity index (χ4n) is 3.83. The molecular weight excluding hydrogens is 410 g/mol. The first-order valence-electron chi connectivity index (χ1n) is 10.7. The van der Waals surface area contributed by atoms with Crippen LogP contribution in [0.2, 0.25) is 0 Å². The topological polar surface area (TPSA) is 58.8 Å². The van der Waals surface area contributed by atoms with Gasteiger partial charge in [-0.2, -0.15) is 0 Å². The smallest absolute Gasteiger partial charge is 0.229 e. The average molecular weight is 440 g/mol. The Morgan fingerprint density at radius 2 is 1.97 bits per heavy atom. The van der Waals surface area contributed by atoms with Crippen molar-refractivity contribution in [1.29, 1.82) is 0 Å². The quantitative estimate of drug-likeness (QED) is 0.531. The van der Waals surface area contributed by atoms with Crippen LogP contribution in [0.25, 0.3) is 10.8 Å². The van der Waals surface area contributed by atoms with E-state index in [1.165, 1.54) is 11.3 Å². The SMILES string of the molecule is Cc1ccc(-c2nc(CC(=O)N(Cc3ccccc3)C(C)CN3CCOCC3)cs2)o1. The third kappa shape index (κ3) is 5.81. The van der Waals surface area contributed by atoms with Crippen molar-refractivity contribution < 1.29 is 13.9 Å². The van der Waals surface area contributed by atoms with E-state index in [0.29, 0.717) is 6.54 Å². The molecule has 3 heterocycles. The Bertz CT molecular complexity index is 979. The predicted molar refractivity (Wildman–Crippen MR) is 122 cm³/mol. The van der Waals surface area contributed by atoms with Crippen LogP contribution in [0.1, 0.15) is 23.9 Å². The minimum absolute atomic E-state index is 0.0941. The van der Waals surface area contributed by atoms with Gasteiger partial charge in [-0.3, -0.25) is 9.69 Å². The molecule has 1 unspecified atom stereocenters. The number of carbonyl (C=O) groups excluding carboxylic acids is 1. The summed E-state index contributed by atoms with van der Waals surface area (Å²) in [7, 11) is 0. The van der Waals surface area contributed by atoms with Gasteiger partial charge in [-0.1, -0.05) is 30.3 Å². The highest BCUT2D eigenvalue weighted by Crippen LogP contribution is 2.26. The molecule has 2 aromatic heterocycles. The lowest BCUT2D eigenvalue weighted by Crippen LogP contribution is -2.48. The zero-order valence-corrected chi connectivity index (χ0v) is 18.9. The van der Waals surface area contributed by atoms with E-state index >= 15 is 0 Å². The van der Waals surface area contributed by atoms with E-state index in [4.69, 9.17) is 9.15 Å². The van der Waals surface area contributed by atoms with Crippen LogP contribution in [0.3, 0.4) is 0 Å². The van der Waals surface area contributed by atoms with Crippen LogP contribution in [0.15, 0.2) is 52.3 Å². The molecule has 0 radical (unpaired) electrons. The zero-order chi connectivity index (χ0) is 21.6. The number of nitrogens with zero attached hydrogens (tertiary/aromatic N) is 3. The number of morpholine rings is 1. The monoisotopic (exact) mass is 439 g/mol. The highest BCUT2D eigenvalue weighted by molar-refractivity contribution is 7.13. The molecule has 0 aliphatic carbocycles. The van der Waals surface area contributed by atoms with Crippen LogP contribution >= 0.6 is 11.3 Å². The molecule has 1 atom stereocenters. The van der Waals surface area contributed by atoms with Gasteiger partial charge in [0.05, 0.1) is 25.3 Å². The Morgan fingerprint density at radius 3 is 2.68 bits per heavy atom. The third-order valence-corrected chi connectivity index (χ3v) is 6.42. The van der Waals surface area contributed by atoms with Gasteiger partial charge < -0.3 is 14.1 Å². The highest BCUT2D eigenvalue weighted by Gasteiger charge is 2.24. The molecule has 4 rings (SSSR count). The number of furan rings is 1. The molecule has 0 saturated carbocycles. The van der Waals surface area contributed by atoms with Crippen molar-refractivity contribution in [3.8, 4) is 10.8 Å². The van der Waals surface area contributed by atoms with E-state index in [0.717, 1.165) is 60.6 Å². The van der Waals surface area contributed by atoms with Gasteiger partial charge in [-0.05, 0) is 31.5 Å². The van der Waals surface area contributed by atoms with Crippen molar-refractivity contribution in [2.24, 2.45) is 0 Å². The number of thiazole rings is 1. The maximum atomic E-state index is 13.4. The van der Waals surface area contributed by atoms with Gasteiger partial charge in [-0.25, -0.2) is 4.98 Å². The number of hydrogen-bond acceptors (Lipinski definition) is 6. The second-order valence-electron chi connectivity index (χ2n) is 8.00. The van der Waals surface area contributed by atoms with Crippen molar-refractivity contribution in [3.63, 3.8) is 0 Å². The summed E-state index contributed by atoms with van der Waals surface area (Å²) >= 11 is 1.51. The molecule has 3 aromatic rings. The molecule has 1 saturated heterocycles. The van der Waals surface area contributed by atoms with Crippen LogP contribution in [-0.4, -0.2) is 59.6 Å². The number of hydrogen-bond donors (Lipinski definition) is 0. The number of benzene rings is 1. The number of aromatic nitrogens is 1. The molecule has 6 nitrogen and oxygen atoms in total. The Hall–Kier alpha value is -2.48. The molecule has 164 valence electrons. The Kier molecular flexibility index (Phi) is 7.17. The summed E-state index contributed by atoms with van der Waals surface area (Å²) in [5.41, 5.74) is 1.92. The van der Waals surface area contributed by atoms with Crippen molar-refractivity contribution in [1.82, 2.24) is 14.8 Å². The Balaban J connectivity index is 1.47. The summed E-state index contributed by atoms with van der Waals surface area (Å²) in [4.78, 5) is 22.4. The number of rotatable bonds is 8. The average Bonchev–Trinajstić information content (AvgIpc) is 3.42. The Labute approximate surface area is 187 Å². The second-order valence-corrected chi connectivity index (χ2v) is 8.86. The first kappa shape index (κ1) is 21.7. The van der Waals surface area contributed by atoms with E-state index < -0.39 is 0 Å². The summed E-state index contributed by atoms with van der Waals surface area (Å²) in [6.45, 7) is 8.83. The maximum absolute atomic E-state index is 13.4. The van der Waals surface area contributed by atoms with Crippen LogP contribution in [0.4, 0.5) is 0 Å². The summed E-state index contributed by atoms with van der Waals surface area (Å²) in [5.74, 6) is 1.70. The van der Waals surface area contributed by atoms with Gasteiger partial charge >= 0.3 is 0 Å². The van der Waals surface area contributed by atoms with Crippen LogP contribution in [0, 0.1) is 6.92 Å². The molecule has 1 aromatic carbocycles. The predicted octanol–water partition coefficient (Wildman–Crippen LogP) is 4.00. The molecule has 1 aliphatic heterocycles. The molecule has 0 spiro atoms. The number of aryl methyl sites for hydroxylation is 1. The van der Waals surface area contributed by atoms with Gasteiger partial charge in [0.15, 0.2) is 10.8 Å². The fourth-order valence-corrected chi connectivity index (χ4v) is 4.61. The summed E-state index contributed by atoms with van der Waals surface area (Å²) < 4.78 is 11.1. The van der Waals surface area contributed by atoms with Crippen molar-refractivity contribution >= 4 is 17.2 Å². The van der Waals surface area contributed by atoms with Gasteiger partial charge in [0.1, 0.15) is 5.76 Å². The summed E-state index contributed by atoms with van der Waals surface area (Å²) in [5, 5.41) is 2.77. The van der Waals surface area contributed by atoms with E-state index in [-0.39, 0.29) is 18.4 Å². The lowest BCUT2D eigenvalue weighted by molar-refractivity contribution is -0.133. The number of carbonyl (C=O) groups is 1. The normalized spacial score (nSPS) is 15.7. The van der Waals surface area contributed by atoms with Crippen molar-refractivity contribution in [2.75, 3.05) is 32.8 Å². The van der Waals surface area contributed by atoms with Crippen molar-refractivity contribution in [2.45, 2.75) is 32.9 Å². The van der Waals surface area contributed by atoms with Crippen LogP contribution in [0.5, 0.6) is 0 Å². The van der Waals surface area contributed by atoms with E-state index in [9.17, 15) is 4.79 Å². The summed E-state index contributed by atoms with van der Waals surface area (Å²) in [6, 6.07) is 14.1. The van der Waals surface area contributed by atoms with Gasteiger partial charge in [0.2, 0.25) is 5.91 Å². The van der Waals surface area contributed by atoms with Crippen molar-refractivity contribution in [3.05, 3.63) is 64.9 Å². The van der Waals surface area contributed by atoms with Gasteiger partial charge in [0, 0.05) is 37.6 Å². The number of ether oxygens (including phenoxy) is 1. The van der Waals surface area contributed by atoms with E-state index in [1.807, 2.05) is 47.5 Å². The minimum Gasteiger partial charge on any atom is -0.459 e. The lowest BCUT2D eigenvalue weighted by atomic mass is 10.1. The van der Waals surface area contributed by atoms with E-state index in [2.05, 4.69) is 28.9 Å². The standard InChI is InChI=1S/C24H29N3O3S/c1-18(15-26-10-12-29-13-11-26)27(16-20-6-4-3-5-7-20)23(28)14-21-17-31-24(25-21)22-9-8-19(2)30-22/h3-9,17-18H,10-16H2,1-2H3. The number of amides is 1. The third-order valence-electron chi connectivity index (χ3n) is 5.51. The minimum atomic E-state index is 0.0941. The molecule has 7 heteroatoms. The first-order chi connectivity index (χ1) is 15.1. The molecule has 0 bridgehead atoms. The van der Waals surface area contributed by atoms with E-state index in [1.54, 1.807) is 0 Å². The molecule has 1 aliphatic rings. The molecule has 0 N–H and O–H groups in total.